The molecule has 8 aromatic carbocycles. The standard InChI is InChI=1S/C50H38/c1-2-12-34-29-35(21-20-32(34)10-1)46-39-14-5-7-16-41(39)47(42-17-8-6-15-40(42)46)43-18-9-19-45-48(43)44-23-22-33-11-3-4-13-38(33)49(44)50(45)36-25-30-24-31(27-36)28-37(50)26-30/h1-23,29-31,36-37H,24-28H2. The second-order valence-corrected chi connectivity index (χ2v) is 16.0. The zero-order chi connectivity index (χ0) is 32.6. The quantitative estimate of drug-likeness (QED) is 0.165. The van der Waals surface area contributed by atoms with Gasteiger partial charge in [-0.2, -0.15) is 0 Å². The van der Waals surface area contributed by atoms with Crippen LogP contribution in [-0.2, 0) is 5.41 Å². The highest BCUT2D eigenvalue weighted by atomic mass is 14.6. The SMILES string of the molecule is c1cc(-c2c3ccccc3c(-c3ccc4ccccc4c3)c3ccccc23)c2c(c1)C1(c3c-2ccc2ccccc32)C2CC3CC(C2)CC1C3. The van der Waals surface area contributed by atoms with E-state index in [0.717, 1.165) is 23.7 Å². The summed E-state index contributed by atoms with van der Waals surface area (Å²) < 4.78 is 0. The van der Waals surface area contributed by atoms with Crippen molar-refractivity contribution >= 4 is 43.1 Å². The molecule has 0 radical (unpaired) electrons. The lowest BCUT2D eigenvalue weighted by atomic mass is 9.43. The fourth-order valence-corrected chi connectivity index (χ4v) is 12.3. The molecule has 5 aliphatic rings. The van der Waals surface area contributed by atoms with E-state index >= 15 is 0 Å². The third-order valence-corrected chi connectivity index (χ3v) is 13.8. The second-order valence-electron chi connectivity index (χ2n) is 16.0. The highest BCUT2D eigenvalue weighted by Gasteiger charge is 2.62. The molecule has 0 nitrogen and oxygen atoms in total. The van der Waals surface area contributed by atoms with Gasteiger partial charge < -0.3 is 0 Å². The predicted octanol–water partition coefficient (Wildman–Crippen LogP) is 13.4. The summed E-state index contributed by atoms with van der Waals surface area (Å²) in [5.74, 6) is 3.29. The van der Waals surface area contributed by atoms with Crippen LogP contribution >= 0.6 is 0 Å². The summed E-state index contributed by atoms with van der Waals surface area (Å²) in [5.41, 5.74) is 11.8. The molecule has 4 saturated carbocycles. The van der Waals surface area contributed by atoms with Crippen molar-refractivity contribution in [1.82, 2.24) is 0 Å². The van der Waals surface area contributed by atoms with Gasteiger partial charge in [0.05, 0.1) is 0 Å². The maximum Gasteiger partial charge on any atom is 0.0278 e. The normalized spacial score (nSPS) is 24.5. The first kappa shape index (κ1) is 27.6. The Kier molecular flexibility index (Phi) is 5.49. The van der Waals surface area contributed by atoms with Crippen LogP contribution in [-0.4, -0.2) is 0 Å². The molecule has 50 heavy (non-hydrogen) atoms. The molecular formula is C50H38. The van der Waals surface area contributed by atoms with Crippen LogP contribution in [0.4, 0.5) is 0 Å². The highest BCUT2D eigenvalue weighted by molar-refractivity contribution is 6.23. The summed E-state index contributed by atoms with van der Waals surface area (Å²) in [6, 6.07) is 55.8. The van der Waals surface area contributed by atoms with E-state index in [9.17, 15) is 0 Å². The molecule has 5 aliphatic carbocycles. The van der Waals surface area contributed by atoms with E-state index in [1.54, 1.807) is 11.1 Å². The minimum atomic E-state index is 0.103. The topological polar surface area (TPSA) is 0 Å². The highest BCUT2D eigenvalue weighted by Crippen LogP contribution is 2.71. The van der Waals surface area contributed by atoms with Crippen LogP contribution in [0.15, 0.2) is 146 Å². The van der Waals surface area contributed by atoms with Gasteiger partial charge in [0, 0.05) is 5.41 Å². The van der Waals surface area contributed by atoms with Gasteiger partial charge in [0.15, 0.2) is 0 Å². The molecule has 8 aromatic rings. The molecule has 4 fully saturated rings. The predicted molar refractivity (Wildman–Crippen MR) is 211 cm³/mol. The average Bonchev–Trinajstić information content (AvgIpc) is 3.47. The van der Waals surface area contributed by atoms with E-state index in [-0.39, 0.29) is 5.41 Å². The van der Waals surface area contributed by atoms with E-state index < -0.39 is 0 Å². The fourth-order valence-electron chi connectivity index (χ4n) is 12.3. The number of hydrogen-bond acceptors (Lipinski definition) is 0. The summed E-state index contributed by atoms with van der Waals surface area (Å²) in [4.78, 5) is 0. The van der Waals surface area contributed by atoms with Crippen molar-refractivity contribution in [2.45, 2.75) is 37.5 Å². The van der Waals surface area contributed by atoms with E-state index in [0.29, 0.717) is 0 Å². The molecule has 0 aliphatic heterocycles. The van der Waals surface area contributed by atoms with Crippen LogP contribution in [0.5, 0.6) is 0 Å². The van der Waals surface area contributed by atoms with Gasteiger partial charge in [0.1, 0.15) is 0 Å². The molecule has 1 spiro atoms. The van der Waals surface area contributed by atoms with Crippen molar-refractivity contribution in [1.29, 1.82) is 0 Å². The summed E-state index contributed by atoms with van der Waals surface area (Å²) >= 11 is 0. The van der Waals surface area contributed by atoms with Gasteiger partial charge in [-0.3, -0.25) is 0 Å². The van der Waals surface area contributed by atoms with Crippen molar-refractivity contribution in [2.24, 2.45) is 23.7 Å². The lowest BCUT2D eigenvalue weighted by Gasteiger charge is -2.61. The average molecular weight is 639 g/mol. The van der Waals surface area contributed by atoms with Gasteiger partial charge in [-0.1, -0.05) is 140 Å². The Hall–Kier alpha value is -5.20. The molecule has 0 heteroatoms. The number of fused-ring (bicyclic) bond motifs is 8. The van der Waals surface area contributed by atoms with Crippen molar-refractivity contribution in [2.75, 3.05) is 0 Å². The minimum absolute atomic E-state index is 0.103. The molecular weight excluding hydrogens is 601 g/mol. The van der Waals surface area contributed by atoms with E-state index in [2.05, 4.69) is 146 Å². The first-order chi connectivity index (χ1) is 24.8. The number of rotatable bonds is 2. The largest absolute Gasteiger partial charge is 0.0616 e. The van der Waals surface area contributed by atoms with Crippen molar-refractivity contribution < 1.29 is 0 Å². The first-order valence-corrected chi connectivity index (χ1v) is 18.9. The van der Waals surface area contributed by atoms with Gasteiger partial charge in [0.2, 0.25) is 0 Å². The Balaban J connectivity index is 1.20. The Bertz CT molecular complexity index is 2640. The molecule has 0 unspecified atom stereocenters. The maximum atomic E-state index is 2.56. The van der Waals surface area contributed by atoms with E-state index in [4.69, 9.17) is 0 Å². The third-order valence-electron chi connectivity index (χ3n) is 13.8. The summed E-state index contributed by atoms with van der Waals surface area (Å²) in [6.45, 7) is 0. The monoisotopic (exact) mass is 638 g/mol. The van der Waals surface area contributed by atoms with Crippen LogP contribution < -0.4 is 0 Å². The molecule has 4 bridgehead atoms. The summed E-state index contributed by atoms with van der Waals surface area (Å²) in [6.07, 6.45) is 7.05. The Morgan fingerprint density at radius 1 is 0.380 bits per heavy atom. The van der Waals surface area contributed by atoms with Gasteiger partial charge in [-0.15, -0.1) is 0 Å². The van der Waals surface area contributed by atoms with Crippen LogP contribution in [0.3, 0.4) is 0 Å². The molecule has 13 rings (SSSR count). The lowest BCUT2D eigenvalue weighted by Crippen LogP contribution is -2.55. The zero-order valence-corrected chi connectivity index (χ0v) is 28.2. The van der Waals surface area contributed by atoms with E-state index in [1.165, 1.54) is 109 Å². The molecule has 0 N–H and O–H groups in total. The first-order valence-electron chi connectivity index (χ1n) is 18.9. The van der Waals surface area contributed by atoms with E-state index in [1.807, 2.05) is 0 Å². The van der Waals surface area contributed by atoms with Crippen LogP contribution in [0, 0.1) is 23.7 Å². The van der Waals surface area contributed by atoms with Crippen LogP contribution in [0.2, 0.25) is 0 Å². The van der Waals surface area contributed by atoms with Gasteiger partial charge >= 0.3 is 0 Å². The van der Waals surface area contributed by atoms with Gasteiger partial charge in [-0.25, -0.2) is 0 Å². The molecule has 0 atom stereocenters. The molecule has 0 amide bonds. The smallest absolute Gasteiger partial charge is 0.0278 e. The molecule has 238 valence electrons. The lowest BCUT2D eigenvalue weighted by molar-refractivity contribution is -0.0393. The second kappa shape index (κ2) is 9.95. The van der Waals surface area contributed by atoms with Crippen molar-refractivity contribution in [3.8, 4) is 33.4 Å². The zero-order valence-electron chi connectivity index (χ0n) is 28.2. The van der Waals surface area contributed by atoms with Gasteiger partial charge in [-0.05, 0) is 149 Å². The van der Waals surface area contributed by atoms with Crippen LogP contribution in [0.25, 0.3) is 76.5 Å². The Morgan fingerprint density at radius 3 is 1.62 bits per heavy atom. The maximum absolute atomic E-state index is 2.56. The van der Waals surface area contributed by atoms with Crippen LogP contribution in [0.1, 0.15) is 43.2 Å². The third kappa shape index (κ3) is 3.47. The van der Waals surface area contributed by atoms with Crippen molar-refractivity contribution in [3.63, 3.8) is 0 Å². The Morgan fingerprint density at radius 2 is 0.940 bits per heavy atom. The Labute approximate surface area is 293 Å². The minimum Gasteiger partial charge on any atom is -0.0616 e. The van der Waals surface area contributed by atoms with Gasteiger partial charge in [0.25, 0.3) is 0 Å². The molecule has 0 aromatic heterocycles. The van der Waals surface area contributed by atoms with Crippen molar-refractivity contribution in [3.05, 3.63) is 157 Å². The molecule has 0 saturated heterocycles. The number of hydrogen-bond donors (Lipinski definition) is 0. The fraction of sp³-hybridized carbons (Fsp3) is 0.200. The summed E-state index contributed by atoms with van der Waals surface area (Å²) in [7, 11) is 0. The summed E-state index contributed by atoms with van der Waals surface area (Å²) in [5, 5.41) is 10.8. The number of benzene rings is 8. The molecule has 0 heterocycles.